The van der Waals surface area contributed by atoms with Crippen LogP contribution in [0.5, 0.6) is 5.75 Å². The van der Waals surface area contributed by atoms with Crippen LogP contribution < -0.4 is 9.46 Å². The number of nitrogens with one attached hydrogen (secondary N) is 2. The summed E-state index contributed by atoms with van der Waals surface area (Å²) >= 11 is 0. The Bertz CT molecular complexity index is 653. The van der Waals surface area contributed by atoms with Gasteiger partial charge in [0.25, 0.3) is 10.0 Å². The second-order valence-corrected chi connectivity index (χ2v) is 5.93. The fourth-order valence-electron chi connectivity index (χ4n) is 1.96. The highest BCUT2D eigenvalue weighted by molar-refractivity contribution is 7.89. The summed E-state index contributed by atoms with van der Waals surface area (Å²) in [6.07, 6.45) is 2.01. The highest BCUT2D eigenvalue weighted by Crippen LogP contribution is 2.28. The largest absolute Gasteiger partial charge is 0.496 e. The van der Waals surface area contributed by atoms with Gasteiger partial charge in [0, 0.05) is 5.56 Å². The molecule has 0 saturated heterocycles. The van der Waals surface area contributed by atoms with Crippen LogP contribution in [-0.4, -0.2) is 25.7 Å². The van der Waals surface area contributed by atoms with Crippen LogP contribution in [0.15, 0.2) is 41.6 Å². The summed E-state index contributed by atoms with van der Waals surface area (Å²) < 4.78 is 32.4. The fraction of sp³-hybridized carbons (Fsp3) is 0.308. The van der Waals surface area contributed by atoms with Gasteiger partial charge in [0.2, 0.25) is 0 Å². The lowest BCUT2D eigenvalue weighted by atomic mass is 10.0. The van der Waals surface area contributed by atoms with Crippen LogP contribution in [0, 0.1) is 0 Å². The van der Waals surface area contributed by atoms with Crippen molar-refractivity contribution >= 4 is 10.0 Å². The molecule has 2 aromatic rings. The monoisotopic (exact) mass is 295 g/mol. The number of benzene rings is 1. The van der Waals surface area contributed by atoms with Crippen LogP contribution in [-0.2, 0) is 10.0 Å². The van der Waals surface area contributed by atoms with Crippen LogP contribution in [0.4, 0.5) is 0 Å². The fourth-order valence-corrected chi connectivity index (χ4v) is 3.17. The molecule has 1 unspecified atom stereocenters. The molecule has 0 aliphatic heterocycles. The lowest BCUT2D eigenvalue weighted by Gasteiger charge is -2.19. The molecule has 0 saturated carbocycles. The molecular formula is C13H17N3O3S. The molecule has 0 amide bonds. The third-order valence-corrected chi connectivity index (χ3v) is 4.39. The van der Waals surface area contributed by atoms with Gasteiger partial charge in [-0.2, -0.15) is 5.10 Å². The van der Waals surface area contributed by atoms with Crippen molar-refractivity contribution in [2.75, 3.05) is 7.11 Å². The van der Waals surface area contributed by atoms with Crippen LogP contribution in [0.25, 0.3) is 0 Å². The molecule has 0 fully saturated rings. The molecule has 6 nitrogen and oxygen atoms in total. The Balaban J connectivity index is 2.30. The van der Waals surface area contributed by atoms with Crippen LogP contribution in [0.3, 0.4) is 0 Å². The van der Waals surface area contributed by atoms with E-state index in [0.717, 1.165) is 5.56 Å². The Morgan fingerprint density at radius 3 is 2.70 bits per heavy atom. The zero-order valence-electron chi connectivity index (χ0n) is 11.3. The molecule has 1 aromatic heterocycles. The maximum Gasteiger partial charge on any atom is 0.258 e. The van der Waals surface area contributed by atoms with Gasteiger partial charge in [-0.15, -0.1) is 0 Å². The summed E-state index contributed by atoms with van der Waals surface area (Å²) in [6.45, 7) is 1.91. The molecule has 0 aliphatic carbocycles. The second-order valence-electron chi connectivity index (χ2n) is 4.24. The van der Waals surface area contributed by atoms with E-state index in [1.165, 1.54) is 12.3 Å². The average Bonchev–Trinajstić information content (AvgIpc) is 3.00. The predicted octanol–water partition coefficient (Wildman–Crippen LogP) is 1.85. The lowest BCUT2D eigenvalue weighted by molar-refractivity contribution is 0.402. The van der Waals surface area contributed by atoms with Crippen molar-refractivity contribution in [3.05, 3.63) is 42.1 Å². The van der Waals surface area contributed by atoms with Crippen molar-refractivity contribution < 1.29 is 13.2 Å². The van der Waals surface area contributed by atoms with Gasteiger partial charge in [0.1, 0.15) is 5.75 Å². The quantitative estimate of drug-likeness (QED) is 0.851. The molecule has 1 aromatic carbocycles. The minimum Gasteiger partial charge on any atom is -0.496 e. The third-order valence-electron chi connectivity index (χ3n) is 2.98. The molecular weight excluding hydrogens is 278 g/mol. The second kappa shape index (κ2) is 6.06. The van der Waals surface area contributed by atoms with Gasteiger partial charge in [-0.3, -0.25) is 5.10 Å². The predicted molar refractivity (Wildman–Crippen MR) is 74.9 cm³/mol. The van der Waals surface area contributed by atoms with E-state index in [2.05, 4.69) is 14.9 Å². The van der Waals surface area contributed by atoms with E-state index in [1.807, 2.05) is 31.2 Å². The van der Waals surface area contributed by atoms with E-state index in [-0.39, 0.29) is 11.1 Å². The number of H-pyrrole nitrogens is 1. The van der Waals surface area contributed by atoms with Gasteiger partial charge in [-0.25, -0.2) is 13.1 Å². The maximum atomic E-state index is 12.2. The summed E-state index contributed by atoms with van der Waals surface area (Å²) in [5.74, 6) is 0.659. The van der Waals surface area contributed by atoms with Crippen LogP contribution >= 0.6 is 0 Å². The molecule has 108 valence electrons. The van der Waals surface area contributed by atoms with Gasteiger partial charge in [-0.05, 0) is 18.6 Å². The number of para-hydroxylation sites is 1. The lowest BCUT2D eigenvalue weighted by Crippen LogP contribution is -2.28. The number of hydrogen-bond acceptors (Lipinski definition) is 4. The van der Waals surface area contributed by atoms with E-state index in [9.17, 15) is 8.42 Å². The highest BCUT2D eigenvalue weighted by atomic mass is 32.2. The smallest absolute Gasteiger partial charge is 0.258 e. The number of rotatable bonds is 6. The molecule has 0 bridgehead atoms. The van der Waals surface area contributed by atoms with E-state index >= 15 is 0 Å². The third kappa shape index (κ3) is 3.00. The van der Waals surface area contributed by atoms with E-state index < -0.39 is 10.0 Å². The molecule has 20 heavy (non-hydrogen) atoms. The number of sulfonamides is 1. The Kier molecular flexibility index (Phi) is 4.41. The van der Waals surface area contributed by atoms with E-state index in [1.54, 1.807) is 7.11 Å². The zero-order chi connectivity index (χ0) is 14.6. The van der Waals surface area contributed by atoms with Crippen LogP contribution in [0.2, 0.25) is 0 Å². The minimum absolute atomic E-state index is 0.0471. The number of hydrogen-bond donors (Lipinski definition) is 2. The number of methoxy groups -OCH3 is 1. The zero-order valence-corrected chi connectivity index (χ0v) is 12.1. The maximum absolute atomic E-state index is 12.2. The molecule has 0 radical (unpaired) electrons. The summed E-state index contributed by atoms with van der Waals surface area (Å²) in [5.41, 5.74) is 0.806. The summed E-state index contributed by atoms with van der Waals surface area (Å²) in [5, 5.41) is 6.16. The number of ether oxygens (including phenoxy) is 1. The average molecular weight is 295 g/mol. The van der Waals surface area contributed by atoms with Crippen molar-refractivity contribution in [3.63, 3.8) is 0 Å². The van der Waals surface area contributed by atoms with Crippen molar-refractivity contribution in [1.29, 1.82) is 0 Å². The van der Waals surface area contributed by atoms with Gasteiger partial charge in [-0.1, -0.05) is 25.1 Å². The molecule has 0 aliphatic rings. The Hall–Kier alpha value is -1.86. The molecule has 2 rings (SSSR count). The summed E-state index contributed by atoms with van der Waals surface area (Å²) in [6, 6.07) is 8.41. The van der Waals surface area contributed by atoms with E-state index in [4.69, 9.17) is 4.74 Å². The molecule has 2 N–H and O–H groups in total. The molecule has 1 atom stereocenters. The first kappa shape index (κ1) is 14.5. The van der Waals surface area contributed by atoms with Crippen molar-refractivity contribution in [2.45, 2.75) is 24.4 Å². The van der Waals surface area contributed by atoms with Crippen LogP contribution in [0.1, 0.15) is 24.9 Å². The van der Waals surface area contributed by atoms with Crippen molar-refractivity contribution in [3.8, 4) is 5.75 Å². The molecule has 1 heterocycles. The SMILES string of the molecule is CCC(NS(=O)(=O)c1ccn[nH]1)c1ccccc1OC. The summed E-state index contributed by atoms with van der Waals surface area (Å²) in [7, 11) is -2.06. The van der Waals surface area contributed by atoms with Crippen molar-refractivity contribution in [2.24, 2.45) is 0 Å². The first-order valence-electron chi connectivity index (χ1n) is 6.23. The van der Waals surface area contributed by atoms with Gasteiger partial charge in [0.05, 0.1) is 19.3 Å². The number of aromatic amines is 1. The number of nitrogens with zero attached hydrogens (tertiary/aromatic N) is 1. The Morgan fingerprint density at radius 1 is 1.35 bits per heavy atom. The number of aromatic nitrogens is 2. The molecule has 0 spiro atoms. The standard InChI is InChI=1S/C13H17N3O3S/c1-3-11(10-6-4-5-7-12(10)19-2)16-20(17,18)13-8-9-14-15-13/h4-9,11,16H,3H2,1-2H3,(H,14,15). The Morgan fingerprint density at radius 2 is 2.10 bits per heavy atom. The minimum atomic E-state index is -3.63. The summed E-state index contributed by atoms with van der Waals surface area (Å²) in [4.78, 5) is 0. The normalized spacial score (nSPS) is 13.1. The highest BCUT2D eigenvalue weighted by Gasteiger charge is 2.23. The van der Waals surface area contributed by atoms with Gasteiger partial charge in [0.15, 0.2) is 5.03 Å². The van der Waals surface area contributed by atoms with Crippen molar-refractivity contribution in [1.82, 2.24) is 14.9 Å². The van der Waals surface area contributed by atoms with Gasteiger partial charge >= 0.3 is 0 Å². The topological polar surface area (TPSA) is 84.1 Å². The van der Waals surface area contributed by atoms with E-state index in [0.29, 0.717) is 12.2 Å². The first-order valence-corrected chi connectivity index (χ1v) is 7.71. The molecule has 7 heteroatoms. The first-order chi connectivity index (χ1) is 9.58. The van der Waals surface area contributed by atoms with Gasteiger partial charge < -0.3 is 4.74 Å². The Labute approximate surface area is 118 Å².